The number of para-hydroxylation sites is 1. The van der Waals surface area contributed by atoms with Crippen molar-refractivity contribution in [2.75, 3.05) is 24.7 Å². The summed E-state index contributed by atoms with van der Waals surface area (Å²) >= 11 is 0. The minimum absolute atomic E-state index is 0.00799. The highest BCUT2D eigenvalue weighted by atomic mass is 31.2. The number of aryl methyl sites for hydroxylation is 1. The van der Waals surface area contributed by atoms with Crippen LogP contribution in [0.1, 0.15) is 63.9 Å². The number of aromatic nitrogens is 3. The summed E-state index contributed by atoms with van der Waals surface area (Å²) in [6.07, 6.45) is 5.34. The number of hydrogen-bond donors (Lipinski definition) is 2. The monoisotopic (exact) mass is 581 g/mol. The van der Waals surface area contributed by atoms with E-state index in [1.54, 1.807) is 0 Å². The molecular weight excluding hydrogens is 541 g/mol. The molecule has 3 aromatic rings. The maximum atomic E-state index is 13.6. The Morgan fingerprint density at radius 1 is 0.976 bits per heavy atom. The molecule has 1 aliphatic heterocycles. The van der Waals surface area contributed by atoms with Crippen molar-refractivity contribution in [1.29, 1.82) is 0 Å². The fraction of sp³-hybridized carbons (Fsp3) is 0.467. The highest BCUT2D eigenvalue weighted by Gasteiger charge is 2.28. The number of carbonyl (C=O) groups excluding carboxylic acids is 2. The van der Waals surface area contributed by atoms with Crippen LogP contribution in [-0.4, -0.2) is 51.5 Å². The molecule has 4 rings (SSSR count). The number of benzene rings is 2. The van der Waals surface area contributed by atoms with Crippen molar-refractivity contribution in [3.8, 4) is 22.5 Å². The van der Waals surface area contributed by atoms with E-state index in [2.05, 4.69) is 15.6 Å². The number of nitrogens with one attached hydrogen (secondary N) is 1. The first-order valence-electron chi connectivity index (χ1n) is 14.4. The second-order valence-corrected chi connectivity index (χ2v) is 12.2. The van der Waals surface area contributed by atoms with Crippen LogP contribution in [0.2, 0.25) is 0 Å². The highest BCUT2D eigenvalue weighted by molar-refractivity contribution is 7.51. The van der Waals surface area contributed by atoms with Gasteiger partial charge in [0.25, 0.3) is 0 Å². The zero-order valence-corrected chi connectivity index (χ0v) is 24.8. The molecule has 2 N–H and O–H groups in total. The first kappa shape index (κ1) is 30.6. The molecule has 41 heavy (non-hydrogen) atoms. The standard InChI is InChI=1S/C30H40N5O5P/c1-3-35-30-25-16-8-9-17-26(25)34(22-23-14-6-7-15-24(23)29(30)32-33-35)28(37)19-11-10-18-27(36)31-20-12-4-5-13-21-40-41(2,38)39/h6-9,14-17H,3-5,10-13,18-22H2,1-2H3,(H,31,36)(H,38,39). The quantitative estimate of drug-likeness (QED) is 0.189. The van der Waals surface area contributed by atoms with Crippen LogP contribution in [0.25, 0.3) is 22.5 Å². The summed E-state index contributed by atoms with van der Waals surface area (Å²) in [7, 11) is -3.40. The van der Waals surface area contributed by atoms with Gasteiger partial charge in [-0.25, -0.2) is 4.68 Å². The Bertz CT molecular complexity index is 1390. The number of unbranched alkanes of at least 4 members (excludes halogenated alkanes) is 4. The first-order chi connectivity index (χ1) is 19.8. The van der Waals surface area contributed by atoms with E-state index in [0.717, 1.165) is 53.0 Å². The van der Waals surface area contributed by atoms with Gasteiger partial charge in [-0.05, 0) is 44.2 Å². The lowest BCUT2D eigenvalue weighted by Crippen LogP contribution is -2.31. The second-order valence-electron chi connectivity index (χ2n) is 10.4. The number of fused-ring (bicyclic) bond motifs is 5. The Morgan fingerprint density at radius 3 is 2.46 bits per heavy atom. The SMILES string of the molecule is CCn1nnc2c1-c1ccccc1N(C(=O)CCCCC(=O)NCCCCCCOP(C)(=O)O)Cc1ccccc1-2. The lowest BCUT2D eigenvalue weighted by Gasteiger charge is -2.28. The van der Waals surface area contributed by atoms with Crippen LogP contribution in [0.4, 0.5) is 5.69 Å². The van der Waals surface area contributed by atoms with E-state index in [-0.39, 0.29) is 18.4 Å². The predicted octanol–water partition coefficient (Wildman–Crippen LogP) is 5.55. The van der Waals surface area contributed by atoms with E-state index in [4.69, 9.17) is 9.42 Å². The summed E-state index contributed by atoms with van der Waals surface area (Å²) in [5.41, 5.74) is 5.52. The molecule has 0 aliphatic carbocycles. The fourth-order valence-corrected chi connectivity index (χ4v) is 5.55. The number of anilines is 1. The van der Waals surface area contributed by atoms with Gasteiger partial charge < -0.3 is 19.6 Å². The minimum atomic E-state index is -3.40. The van der Waals surface area contributed by atoms with Gasteiger partial charge in [-0.1, -0.05) is 60.5 Å². The van der Waals surface area contributed by atoms with Gasteiger partial charge in [0.15, 0.2) is 0 Å². The molecule has 220 valence electrons. The molecule has 0 spiro atoms. The first-order valence-corrected chi connectivity index (χ1v) is 16.4. The van der Waals surface area contributed by atoms with Crippen molar-refractivity contribution >= 4 is 25.1 Å². The van der Waals surface area contributed by atoms with E-state index in [1.807, 2.05) is 65.0 Å². The van der Waals surface area contributed by atoms with Gasteiger partial charge in [-0.2, -0.15) is 0 Å². The van der Waals surface area contributed by atoms with E-state index in [9.17, 15) is 14.2 Å². The van der Waals surface area contributed by atoms with E-state index in [1.165, 1.54) is 6.66 Å². The van der Waals surface area contributed by atoms with Gasteiger partial charge in [-0.15, -0.1) is 5.10 Å². The molecule has 10 nitrogen and oxygen atoms in total. The maximum absolute atomic E-state index is 13.6. The van der Waals surface area contributed by atoms with Crippen molar-refractivity contribution in [3.63, 3.8) is 0 Å². The topological polar surface area (TPSA) is 127 Å². The van der Waals surface area contributed by atoms with Gasteiger partial charge in [0.2, 0.25) is 11.8 Å². The number of amides is 2. The van der Waals surface area contributed by atoms with Crippen LogP contribution in [0, 0.1) is 0 Å². The smallest absolute Gasteiger partial charge is 0.325 e. The molecule has 0 fully saturated rings. The predicted molar refractivity (Wildman–Crippen MR) is 159 cm³/mol. The summed E-state index contributed by atoms with van der Waals surface area (Å²) in [4.78, 5) is 36.8. The van der Waals surface area contributed by atoms with Crippen LogP contribution < -0.4 is 10.2 Å². The molecule has 1 atom stereocenters. The number of carbonyl (C=O) groups is 2. The maximum Gasteiger partial charge on any atom is 0.325 e. The average molecular weight is 582 g/mol. The average Bonchev–Trinajstić information content (AvgIpc) is 3.37. The van der Waals surface area contributed by atoms with E-state index < -0.39 is 7.60 Å². The van der Waals surface area contributed by atoms with Gasteiger partial charge in [0, 0.05) is 43.7 Å². The van der Waals surface area contributed by atoms with Crippen LogP contribution in [0.15, 0.2) is 48.5 Å². The van der Waals surface area contributed by atoms with Crippen LogP contribution in [0.3, 0.4) is 0 Å². The third-order valence-corrected chi connectivity index (χ3v) is 7.82. The number of hydrogen-bond acceptors (Lipinski definition) is 6. The van der Waals surface area contributed by atoms with Crippen molar-refractivity contribution in [2.45, 2.75) is 71.4 Å². The van der Waals surface area contributed by atoms with Crippen LogP contribution >= 0.6 is 7.60 Å². The largest absolute Gasteiger partial charge is 0.356 e. The Labute approximate surface area is 241 Å². The second kappa shape index (κ2) is 14.5. The Balaban J connectivity index is 1.29. The fourth-order valence-electron chi connectivity index (χ4n) is 5.09. The lowest BCUT2D eigenvalue weighted by molar-refractivity contribution is -0.122. The molecule has 2 amide bonds. The Morgan fingerprint density at radius 2 is 1.68 bits per heavy atom. The van der Waals surface area contributed by atoms with Crippen molar-refractivity contribution in [1.82, 2.24) is 20.3 Å². The van der Waals surface area contributed by atoms with Crippen molar-refractivity contribution in [3.05, 3.63) is 54.1 Å². The molecule has 0 saturated carbocycles. The molecule has 11 heteroatoms. The summed E-state index contributed by atoms with van der Waals surface area (Å²) in [5, 5.41) is 11.9. The molecule has 1 aromatic heterocycles. The van der Waals surface area contributed by atoms with Crippen LogP contribution in [0.5, 0.6) is 0 Å². The Kier molecular flexibility index (Phi) is 10.9. The third kappa shape index (κ3) is 8.35. The van der Waals surface area contributed by atoms with Crippen molar-refractivity contribution in [2.24, 2.45) is 0 Å². The van der Waals surface area contributed by atoms with Crippen LogP contribution in [-0.2, 0) is 31.8 Å². The third-order valence-electron chi connectivity index (χ3n) is 7.16. The van der Waals surface area contributed by atoms with Gasteiger partial charge in [-0.3, -0.25) is 14.2 Å². The van der Waals surface area contributed by atoms with Gasteiger partial charge in [0.05, 0.1) is 24.5 Å². The number of nitrogens with zero attached hydrogens (tertiary/aromatic N) is 4. The summed E-state index contributed by atoms with van der Waals surface area (Å²) in [6.45, 7) is 5.19. The zero-order chi connectivity index (χ0) is 29.2. The van der Waals surface area contributed by atoms with E-state index in [0.29, 0.717) is 51.7 Å². The molecular formula is C30H40N5O5P. The van der Waals surface area contributed by atoms with Crippen molar-refractivity contribution < 1.29 is 23.6 Å². The molecule has 1 aliphatic rings. The summed E-state index contributed by atoms with van der Waals surface area (Å²) in [6, 6.07) is 16.0. The zero-order valence-electron chi connectivity index (χ0n) is 23.9. The van der Waals surface area contributed by atoms with E-state index >= 15 is 0 Å². The summed E-state index contributed by atoms with van der Waals surface area (Å²) in [5.74, 6) is 0.0163. The molecule has 2 aromatic carbocycles. The van der Waals surface area contributed by atoms with Gasteiger partial charge >= 0.3 is 7.60 Å². The number of rotatable bonds is 14. The molecule has 1 unspecified atom stereocenters. The Hall–Kier alpha value is -3.33. The highest BCUT2D eigenvalue weighted by Crippen LogP contribution is 2.41. The molecule has 0 radical (unpaired) electrons. The molecule has 2 heterocycles. The lowest BCUT2D eigenvalue weighted by atomic mass is 9.95. The normalized spacial score (nSPS) is 13.8. The summed E-state index contributed by atoms with van der Waals surface area (Å²) < 4.78 is 17.8. The van der Waals surface area contributed by atoms with Gasteiger partial charge in [0.1, 0.15) is 5.69 Å². The minimum Gasteiger partial charge on any atom is -0.356 e. The molecule has 0 saturated heterocycles. The molecule has 0 bridgehead atoms.